The second-order valence-corrected chi connectivity index (χ2v) is 6.68. The minimum atomic E-state index is -3.25. The van der Waals surface area contributed by atoms with Crippen molar-refractivity contribution in [3.05, 3.63) is 16.4 Å². The third-order valence-corrected chi connectivity index (χ3v) is 4.75. The zero-order chi connectivity index (χ0) is 13.2. The summed E-state index contributed by atoms with van der Waals surface area (Å²) in [5.74, 6) is -0.138. The Morgan fingerprint density at radius 2 is 2.12 bits per heavy atom. The molecule has 1 heterocycles. The molecule has 0 aromatic carbocycles. The molecule has 1 rings (SSSR count). The van der Waals surface area contributed by atoms with Crippen molar-refractivity contribution in [2.24, 2.45) is 12.8 Å². The van der Waals surface area contributed by atoms with Crippen molar-refractivity contribution in [2.75, 3.05) is 5.75 Å². The highest BCUT2D eigenvalue weighted by atomic mass is 35.5. The minimum absolute atomic E-state index is 0.0238. The van der Waals surface area contributed by atoms with Gasteiger partial charge in [-0.05, 0) is 13.3 Å². The van der Waals surface area contributed by atoms with E-state index in [0.29, 0.717) is 22.8 Å². The number of halogens is 1. The van der Waals surface area contributed by atoms with Crippen LogP contribution in [0.3, 0.4) is 0 Å². The van der Waals surface area contributed by atoms with E-state index in [1.54, 1.807) is 14.0 Å². The number of rotatable bonds is 5. The van der Waals surface area contributed by atoms with Crippen LogP contribution >= 0.6 is 11.6 Å². The second-order valence-electron chi connectivity index (χ2n) is 4.19. The molecule has 98 valence electrons. The van der Waals surface area contributed by atoms with Crippen LogP contribution in [-0.4, -0.2) is 30.0 Å². The molecule has 0 aliphatic rings. The van der Waals surface area contributed by atoms with Crippen molar-refractivity contribution in [2.45, 2.75) is 32.1 Å². The summed E-state index contributed by atoms with van der Waals surface area (Å²) in [4.78, 5) is 0. The Labute approximate surface area is 107 Å². The van der Waals surface area contributed by atoms with Gasteiger partial charge in [0.05, 0.1) is 27.9 Å². The standard InChI is InChI=1S/C10H18ClN3O2S/c1-4-8(12)5-17(15,16)6-9-10(11)7(2)13-14(9)3/h8H,4-6,12H2,1-3H3. The minimum Gasteiger partial charge on any atom is -0.327 e. The molecular weight excluding hydrogens is 262 g/mol. The molecule has 1 aromatic rings. The van der Waals surface area contributed by atoms with Crippen LogP contribution < -0.4 is 5.73 Å². The normalized spacial score (nSPS) is 13.9. The Hall–Kier alpha value is -0.590. The van der Waals surface area contributed by atoms with Crippen LogP contribution in [0.4, 0.5) is 0 Å². The van der Waals surface area contributed by atoms with E-state index in [4.69, 9.17) is 17.3 Å². The number of aromatic nitrogens is 2. The predicted octanol–water partition coefficient (Wildman–Crippen LogP) is 1.03. The van der Waals surface area contributed by atoms with Gasteiger partial charge in [-0.1, -0.05) is 18.5 Å². The summed E-state index contributed by atoms with van der Waals surface area (Å²) in [6, 6.07) is -0.326. The average molecular weight is 280 g/mol. The number of hydrogen-bond acceptors (Lipinski definition) is 4. The molecule has 0 aliphatic heterocycles. The van der Waals surface area contributed by atoms with Crippen LogP contribution in [0.2, 0.25) is 5.02 Å². The largest absolute Gasteiger partial charge is 0.327 e. The molecule has 0 saturated heterocycles. The lowest BCUT2D eigenvalue weighted by Gasteiger charge is -2.10. The van der Waals surface area contributed by atoms with Crippen molar-refractivity contribution >= 4 is 21.4 Å². The van der Waals surface area contributed by atoms with Crippen LogP contribution in [0.25, 0.3) is 0 Å². The number of nitrogens with two attached hydrogens (primary N) is 1. The molecule has 2 N–H and O–H groups in total. The van der Waals surface area contributed by atoms with Gasteiger partial charge in [0.25, 0.3) is 0 Å². The SMILES string of the molecule is CCC(N)CS(=O)(=O)Cc1c(Cl)c(C)nn1C. The third kappa shape index (κ3) is 3.69. The van der Waals surface area contributed by atoms with Crippen LogP contribution in [0, 0.1) is 6.92 Å². The monoisotopic (exact) mass is 279 g/mol. The van der Waals surface area contributed by atoms with Gasteiger partial charge in [-0.3, -0.25) is 4.68 Å². The highest BCUT2D eigenvalue weighted by Gasteiger charge is 2.21. The summed E-state index contributed by atoms with van der Waals surface area (Å²) in [7, 11) is -1.56. The maximum atomic E-state index is 11.9. The van der Waals surface area contributed by atoms with Crippen molar-refractivity contribution in [3.8, 4) is 0 Å². The Morgan fingerprint density at radius 3 is 2.53 bits per heavy atom. The second kappa shape index (κ2) is 5.37. The Balaban J connectivity index is 2.91. The van der Waals surface area contributed by atoms with Gasteiger partial charge in [0.1, 0.15) is 0 Å². The average Bonchev–Trinajstić information content (AvgIpc) is 2.44. The van der Waals surface area contributed by atoms with E-state index in [-0.39, 0.29) is 17.5 Å². The number of sulfone groups is 1. The zero-order valence-electron chi connectivity index (χ0n) is 10.3. The van der Waals surface area contributed by atoms with E-state index in [2.05, 4.69) is 5.10 Å². The maximum Gasteiger partial charge on any atom is 0.157 e. The first kappa shape index (κ1) is 14.5. The summed E-state index contributed by atoms with van der Waals surface area (Å²) in [6.45, 7) is 3.61. The molecule has 0 aliphatic carbocycles. The molecule has 0 fully saturated rings. The van der Waals surface area contributed by atoms with E-state index in [9.17, 15) is 8.42 Å². The number of aryl methyl sites for hydroxylation is 2. The fourth-order valence-corrected chi connectivity index (χ4v) is 3.61. The summed E-state index contributed by atoms with van der Waals surface area (Å²) in [6.07, 6.45) is 0.636. The van der Waals surface area contributed by atoms with Gasteiger partial charge in [0.2, 0.25) is 0 Å². The molecule has 1 unspecified atom stereocenters. The quantitative estimate of drug-likeness (QED) is 0.873. The molecule has 1 aromatic heterocycles. The summed E-state index contributed by atoms with van der Waals surface area (Å²) >= 11 is 6.01. The van der Waals surface area contributed by atoms with Crippen molar-refractivity contribution in [3.63, 3.8) is 0 Å². The highest BCUT2D eigenvalue weighted by Crippen LogP contribution is 2.21. The first-order valence-electron chi connectivity index (χ1n) is 5.40. The van der Waals surface area contributed by atoms with Crippen LogP contribution in [0.5, 0.6) is 0 Å². The van der Waals surface area contributed by atoms with Crippen LogP contribution in [0.1, 0.15) is 24.7 Å². The Bertz CT molecular complexity index is 496. The number of nitrogens with zero attached hydrogens (tertiary/aromatic N) is 2. The van der Waals surface area contributed by atoms with E-state index in [0.717, 1.165) is 0 Å². The lowest BCUT2D eigenvalue weighted by Crippen LogP contribution is -2.29. The highest BCUT2D eigenvalue weighted by molar-refractivity contribution is 7.90. The molecule has 7 heteroatoms. The van der Waals surface area contributed by atoms with Gasteiger partial charge >= 0.3 is 0 Å². The molecular formula is C10H18ClN3O2S. The molecule has 17 heavy (non-hydrogen) atoms. The van der Waals surface area contributed by atoms with Crippen molar-refractivity contribution in [1.82, 2.24) is 9.78 Å². The first-order valence-corrected chi connectivity index (χ1v) is 7.60. The molecule has 0 amide bonds. The molecule has 1 atom stereocenters. The summed E-state index contributed by atoms with van der Waals surface area (Å²) in [5, 5.41) is 4.50. The predicted molar refractivity (Wildman–Crippen MR) is 68.7 cm³/mol. The molecule has 0 bridgehead atoms. The van der Waals surface area contributed by atoms with Crippen molar-refractivity contribution in [1.29, 1.82) is 0 Å². The van der Waals surface area contributed by atoms with Gasteiger partial charge in [-0.2, -0.15) is 5.10 Å². The first-order chi connectivity index (χ1) is 7.76. The number of hydrogen-bond donors (Lipinski definition) is 1. The summed E-state index contributed by atoms with van der Waals surface area (Å²) < 4.78 is 25.3. The fourth-order valence-electron chi connectivity index (χ4n) is 1.55. The smallest absolute Gasteiger partial charge is 0.157 e. The molecule has 0 saturated carbocycles. The van der Waals surface area contributed by atoms with E-state index >= 15 is 0 Å². The van der Waals surface area contributed by atoms with Crippen LogP contribution in [0.15, 0.2) is 0 Å². The third-order valence-electron chi connectivity index (χ3n) is 2.61. The Kier molecular flexibility index (Phi) is 4.57. The van der Waals surface area contributed by atoms with Gasteiger partial charge in [-0.15, -0.1) is 0 Å². The molecule has 0 radical (unpaired) electrons. The zero-order valence-corrected chi connectivity index (χ0v) is 11.8. The lowest BCUT2D eigenvalue weighted by atomic mass is 10.3. The topological polar surface area (TPSA) is 78.0 Å². The van der Waals surface area contributed by atoms with Crippen molar-refractivity contribution < 1.29 is 8.42 Å². The summed E-state index contributed by atoms with van der Waals surface area (Å²) in [5.41, 5.74) is 6.82. The van der Waals surface area contributed by atoms with Gasteiger partial charge in [0, 0.05) is 13.1 Å². The van der Waals surface area contributed by atoms with Gasteiger partial charge in [-0.25, -0.2) is 8.42 Å². The lowest BCUT2D eigenvalue weighted by molar-refractivity contribution is 0.580. The van der Waals surface area contributed by atoms with Gasteiger partial charge < -0.3 is 5.73 Å². The van der Waals surface area contributed by atoms with Crippen LogP contribution in [-0.2, 0) is 22.6 Å². The molecule has 5 nitrogen and oxygen atoms in total. The fraction of sp³-hybridized carbons (Fsp3) is 0.700. The van der Waals surface area contributed by atoms with E-state index in [1.165, 1.54) is 4.68 Å². The van der Waals surface area contributed by atoms with Gasteiger partial charge in [0.15, 0.2) is 9.84 Å². The van der Waals surface area contributed by atoms with E-state index < -0.39 is 9.84 Å². The molecule has 0 spiro atoms. The maximum absolute atomic E-state index is 11.9. The Morgan fingerprint density at radius 1 is 1.53 bits per heavy atom. The van der Waals surface area contributed by atoms with E-state index in [1.807, 2.05) is 6.92 Å².